The van der Waals surface area contributed by atoms with Crippen molar-refractivity contribution in [2.75, 3.05) is 6.66 Å². The summed E-state index contributed by atoms with van der Waals surface area (Å²) >= 11 is 0. The van der Waals surface area contributed by atoms with Crippen LogP contribution in [0.25, 0.3) is 32.7 Å². The molecule has 5 rings (SSSR count). The van der Waals surface area contributed by atoms with Gasteiger partial charge in [-0.2, -0.15) is 4.89 Å². The lowest BCUT2D eigenvalue weighted by atomic mass is 9.92. The van der Waals surface area contributed by atoms with Crippen molar-refractivity contribution in [1.29, 1.82) is 0 Å². The largest absolute Gasteiger partial charge is 0.492 e. The standard InChI is InChI=1S/C21H16O3P/c1-25(22)23-18-12-10-14-6-2-4-8-16(14)20(18)21-17-9-5-3-7-15(17)11-13-19(21)24-25/h2-13,22H,1H3/q+1. The number of benzene rings is 4. The van der Waals surface area contributed by atoms with E-state index in [1.165, 1.54) is 0 Å². The van der Waals surface area contributed by atoms with E-state index < -0.39 is 7.94 Å². The van der Waals surface area contributed by atoms with Crippen LogP contribution in [0.3, 0.4) is 0 Å². The lowest BCUT2D eigenvalue weighted by Gasteiger charge is -2.11. The van der Waals surface area contributed by atoms with Crippen molar-refractivity contribution in [3.63, 3.8) is 0 Å². The lowest BCUT2D eigenvalue weighted by Crippen LogP contribution is -2.04. The molecule has 3 nitrogen and oxygen atoms in total. The molecule has 25 heavy (non-hydrogen) atoms. The Morgan fingerprint density at radius 2 is 1.08 bits per heavy atom. The Morgan fingerprint density at radius 3 is 1.56 bits per heavy atom. The molecule has 4 aromatic carbocycles. The van der Waals surface area contributed by atoms with Crippen molar-refractivity contribution < 1.29 is 13.9 Å². The average Bonchev–Trinajstić information content (AvgIpc) is 2.73. The molecule has 0 aliphatic carbocycles. The van der Waals surface area contributed by atoms with Crippen LogP contribution in [0, 0.1) is 0 Å². The third kappa shape index (κ3) is 2.28. The number of rotatable bonds is 0. The van der Waals surface area contributed by atoms with E-state index >= 15 is 0 Å². The third-order valence-electron chi connectivity index (χ3n) is 4.57. The summed E-state index contributed by atoms with van der Waals surface area (Å²) in [5, 5.41) is 4.43. The van der Waals surface area contributed by atoms with Crippen LogP contribution in [0.5, 0.6) is 11.5 Å². The van der Waals surface area contributed by atoms with Gasteiger partial charge in [0.2, 0.25) is 0 Å². The molecule has 0 aromatic heterocycles. The van der Waals surface area contributed by atoms with E-state index in [1.807, 2.05) is 48.5 Å². The summed E-state index contributed by atoms with van der Waals surface area (Å²) in [6.07, 6.45) is 0. The smallest absolute Gasteiger partial charge is 0.277 e. The highest BCUT2D eigenvalue weighted by Gasteiger charge is 2.42. The van der Waals surface area contributed by atoms with Crippen LogP contribution in [0.4, 0.5) is 0 Å². The van der Waals surface area contributed by atoms with Gasteiger partial charge in [-0.1, -0.05) is 60.7 Å². The van der Waals surface area contributed by atoms with E-state index in [2.05, 4.69) is 24.3 Å². The minimum absolute atomic E-state index is 0.659. The van der Waals surface area contributed by atoms with Gasteiger partial charge in [0.15, 0.2) is 11.5 Å². The average molecular weight is 347 g/mol. The quantitative estimate of drug-likeness (QED) is 0.408. The first kappa shape index (κ1) is 14.7. The van der Waals surface area contributed by atoms with Crippen molar-refractivity contribution in [3.05, 3.63) is 72.8 Å². The van der Waals surface area contributed by atoms with Crippen LogP contribution in [-0.4, -0.2) is 11.6 Å². The predicted octanol–water partition coefficient (Wildman–Crippen LogP) is 5.82. The van der Waals surface area contributed by atoms with E-state index in [0.717, 1.165) is 32.7 Å². The Labute approximate surface area is 146 Å². The van der Waals surface area contributed by atoms with E-state index in [-0.39, 0.29) is 0 Å². The first-order valence-corrected chi connectivity index (χ1v) is 10.2. The van der Waals surface area contributed by atoms with Crippen molar-refractivity contribution in [1.82, 2.24) is 0 Å². The maximum Gasteiger partial charge on any atom is 0.492 e. The summed E-state index contributed by atoms with van der Waals surface area (Å²) in [6.45, 7) is 1.62. The maximum absolute atomic E-state index is 10.7. The van der Waals surface area contributed by atoms with Gasteiger partial charge in [0.1, 0.15) is 6.66 Å². The Morgan fingerprint density at radius 1 is 0.640 bits per heavy atom. The first-order chi connectivity index (χ1) is 12.1. The fourth-order valence-electron chi connectivity index (χ4n) is 3.55. The molecule has 4 aromatic rings. The molecule has 1 heterocycles. The van der Waals surface area contributed by atoms with Gasteiger partial charge in [0.05, 0.1) is 0 Å². The molecule has 0 saturated heterocycles. The van der Waals surface area contributed by atoms with Gasteiger partial charge in [-0.3, -0.25) is 9.05 Å². The monoisotopic (exact) mass is 347 g/mol. The molecular formula is C21H16O3P+. The molecule has 0 atom stereocenters. The number of fused-ring (bicyclic) bond motifs is 7. The summed E-state index contributed by atoms with van der Waals surface area (Å²) in [6, 6.07) is 24.3. The van der Waals surface area contributed by atoms with Gasteiger partial charge in [0.25, 0.3) is 0 Å². The Kier molecular flexibility index (Phi) is 3.05. The van der Waals surface area contributed by atoms with Crippen LogP contribution in [-0.2, 0) is 0 Å². The van der Waals surface area contributed by atoms with Crippen LogP contribution < -0.4 is 9.05 Å². The SMILES string of the molecule is C[P+]1(O)Oc2ccc3ccccc3c2-c2c(ccc3ccccc23)O1. The molecule has 0 radical (unpaired) electrons. The van der Waals surface area contributed by atoms with Gasteiger partial charge >= 0.3 is 7.94 Å². The molecule has 1 N–H and O–H groups in total. The molecule has 0 bridgehead atoms. The van der Waals surface area contributed by atoms with Crippen molar-refractivity contribution in [2.24, 2.45) is 0 Å². The van der Waals surface area contributed by atoms with Crippen LogP contribution >= 0.6 is 7.94 Å². The fraction of sp³-hybridized carbons (Fsp3) is 0.0476. The number of hydrogen-bond acceptors (Lipinski definition) is 3. The van der Waals surface area contributed by atoms with E-state index in [9.17, 15) is 4.89 Å². The molecule has 4 heteroatoms. The molecule has 0 spiro atoms. The normalized spacial score (nSPS) is 15.0. The Bertz CT molecular complexity index is 1050. The zero-order chi connectivity index (χ0) is 17.0. The Balaban J connectivity index is 2.00. The second-order valence-corrected chi connectivity index (χ2v) is 8.28. The summed E-state index contributed by atoms with van der Waals surface area (Å²) in [5.41, 5.74) is 1.95. The highest BCUT2D eigenvalue weighted by atomic mass is 31.2. The molecule has 1 aliphatic rings. The minimum Gasteiger partial charge on any atom is -0.277 e. The zero-order valence-corrected chi connectivity index (χ0v) is 14.5. The molecular weight excluding hydrogens is 331 g/mol. The molecule has 0 saturated carbocycles. The third-order valence-corrected chi connectivity index (χ3v) is 5.64. The second-order valence-electron chi connectivity index (χ2n) is 6.31. The predicted molar refractivity (Wildman–Crippen MR) is 103 cm³/mol. The second kappa shape index (κ2) is 5.19. The van der Waals surface area contributed by atoms with Crippen LogP contribution in [0.2, 0.25) is 0 Å². The summed E-state index contributed by atoms with van der Waals surface area (Å²) < 4.78 is 11.9. The van der Waals surface area contributed by atoms with Crippen LogP contribution in [0.1, 0.15) is 0 Å². The fourth-order valence-corrected chi connectivity index (χ4v) is 4.63. The van der Waals surface area contributed by atoms with Gasteiger partial charge in [0, 0.05) is 11.1 Å². The summed E-state index contributed by atoms with van der Waals surface area (Å²) in [7, 11) is -3.00. The van der Waals surface area contributed by atoms with Crippen molar-refractivity contribution in [3.8, 4) is 22.6 Å². The molecule has 0 amide bonds. The molecule has 1 aliphatic heterocycles. The van der Waals surface area contributed by atoms with Crippen LogP contribution in [0.15, 0.2) is 72.8 Å². The Hall–Kier alpha value is -2.61. The highest BCUT2D eigenvalue weighted by molar-refractivity contribution is 7.60. The first-order valence-electron chi connectivity index (χ1n) is 8.15. The lowest BCUT2D eigenvalue weighted by molar-refractivity contribution is 0.360. The molecule has 122 valence electrons. The van der Waals surface area contributed by atoms with Crippen molar-refractivity contribution in [2.45, 2.75) is 0 Å². The van der Waals surface area contributed by atoms with Gasteiger partial charge in [-0.05, 0) is 33.7 Å². The number of hydrogen-bond donors (Lipinski definition) is 1. The van der Waals surface area contributed by atoms with E-state index in [1.54, 1.807) is 6.66 Å². The zero-order valence-electron chi connectivity index (χ0n) is 13.6. The summed E-state index contributed by atoms with van der Waals surface area (Å²) in [4.78, 5) is 10.7. The topological polar surface area (TPSA) is 38.7 Å². The summed E-state index contributed by atoms with van der Waals surface area (Å²) in [5.74, 6) is 1.32. The highest BCUT2D eigenvalue weighted by Crippen LogP contribution is 2.60. The minimum atomic E-state index is -3.00. The van der Waals surface area contributed by atoms with Gasteiger partial charge < -0.3 is 0 Å². The molecule has 0 unspecified atom stereocenters. The van der Waals surface area contributed by atoms with E-state index in [0.29, 0.717) is 11.5 Å². The van der Waals surface area contributed by atoms with Gasteiger partial charge in [-0.15, -0.1) is 0 Å². The van der Waals surface area contributed by atoms with Gasteiger partial charge in [-0.25, -0.2) is 0 Å². The maximum atomic E-state index is 10.7. The van der Waals surface area contributed by atoms with E-state index in [4.69, 9.17) is 9.05 Å². The van der Waals surface area contributed by atoms with Crippen molar-refractivity contribution >= 4 is 29.5 Å². The molecule has 0 fully saturated rings.